The van der Waals surface area contributed by atoms with Crippen LogP contribution in [-0.4, -0.2) is 59.9 Å². The molecule has 4 N–H and O–H groups in total. The Morgan fingerprint density at radius 1 is 1.13 bits per heavy atom. The lowest BCUT2D eigenvalue weighted by atomic mass is 10.2. The van der Waals surface area contributed by atoms with Crippen LogP contribution in [0, 0.1) is 0 Å². The summed E-state index contributed by atoms with van der Waals surface area (Å²) in [6.45, 7) is 5.77. The quantitative estimate of drug-likeness (QED) is 0.550. The molecule has 1 atom stereocenters. The van der Waals surface area contributed by atoms with Crippen molar-refractivity contribution in [2.24, 2.45) is 0 Å². The SMILES string of the molecule is CCC(C)NC(=O)N(CCN(C)C)Cc1ccc(C(=O)Nc2ccccc2N)nc1. The van der Waals surface area contributed by atoms with E-state index in [4.69, 9.17) is 5.73 Å². The maximum atomic E-state index is 12.6. The molecule has 0 fully saturated rings. The Hall–Kier alpha value is -3.13. The van der Waals surface area contributed by atoms with Crippen LogP contribution in [-0.2, 0) is 6.54 Å². The van der Waals surface area contributed by atoms with Gasteiger partial charge in [0.15, 0.2) is 0 Å². The minimum Gasteiger partial charge on any atom is -0.397 e. The molecule has 0 saturated carbocycles. The number of nitrogens with two attached hydrogens (primary N) is 1. The summed E-state index contributed by atoms with van der Waals surface area (Å²) in [7, 11) is 3.94. The van der Waals surface area contributed by atoms with E-state index in [9.17, 15) is 9.59 Å². The van der Waals surface area contributed by atoms with Crippen molar-refractivity contribution < 1.29 is 9.59 Å². The summed E-state index contributed by atoms with van der Waals surface area (Å²) in [5, 5.41) is 5.77. The molecule has 0 aliphatic heterocycles. The number of nitrogen functional groups attached to an aromatic ring is 1. The van der Waals surface area contributed by atoms with Gasteiger partial charge in [-0.1, -0.05) is 25.1 Å². The fourth-order valence-corrected chi connectivity index (χ4v) is 2.65. The van der Waals surface area contributed by atoms with Gasteiger partial charge in [-0.2, -0.15) is 0 Å². The van der Waals surface area contributed by atoms with E-state index in [0.717, 1.165) is 18.5 Å². The third kappa shape index (κ3) is 7.04. The van der Waals surface area contributed by atoms with Gasteiger partial charge in [0, 0.05) is 31.9 Å². The molecule has 0 bridgehead atoms. The molecule has 1 aromatic heterocycles. The molecule has 3 amide bonds. The molecule has 0 aliphatic rings. The van der Waals surface area contributed by atoms with Crippen LogP contribution in [0.15, 0.2) is 42.6 Å². The van der Waals surface area contributed by atoms with E-state index >= 15 is 0 Å². The molecule has 0 saturated heterocycles. The minimum atomic E-state index is -0.335. The summed E-state index contributed by atoms with van der Waals surface area (Å²) in [5.41, 5.74) is 8.04. The Bertz CT molecular complexity index is 838. The topological polar surface area (TPSA) is 104 Å². The van der Waals surface area contributed by atoms with Gasteiger partial charge in [-0.3, -0.25) is 9.78 Å². The summed E-state index contributed by atoms with van der Waals surface area (Å²) in [4.78, 5) is 33.1. The van der Waals surface area contributed by atoms with Crippen molar-refractivity contribution in [1.29, 1.82) is 0 Å². The van der Waals surface area contributed by atoms with Gasteiger partial charge in [0.2, 0.25) is 0 Å². The number of nitrogens with zero attached hydrogens (tertiary/aromatic N) is 3. The number of hydrogen-bond acceptors (Lipinski definition) is 5. The third-order valence-electron chi connectivity index (χ3n) is 4.73. The van der Waals surface area contributed by atoms with Crippen LogP contribution in [0.1, 0.15) is 36.3 Å². The molecule has 1 aromatic carbocycles. The smallest absolute Gasteiger partial charge is 0.317 e. The number of amides is 3. The summed E-state index contributed by atoms with van der Waals surface area (Å²) in [6.07, 6.45) is 2.49. The van der Waals surface area contributed by atoms with Gasteiger partial charge in [-0.05, 0) is 51.2 Å². The number of para-hydroxylation sites is 2. The first kappa shape index (κ1) is 23.2. The average molecular weight is 413 g/mol. The molecule has 1 heterocycles. The van der Waals surface area contributed by atoms with Crippen molar-refractivity contribution in [3.63, 3.8) is 0 Å². The van der Waals surface area contributed by atoms with Crippen LogP contribution in [0.5, 0.6) is 0 Å². The zero-order valence-electron chi connectivity index (χ0n) is 18.2. The largest absolute Gasteiger partial charge is 0.397 e. The number of urea groups is 1. The van der Waals surface area contributed by atoms with Crippen LogP contribution in [0.4, 0.5) is 16.2 Å². The molecule has 0 radical (unpaired) electrons. The van der Waals surface area contributed by atoms with Gasteiger partial charge >= 0.3 is 6.03 Å². The van der Waals surface area contributed by atoms with Crippen LogP contribution < -0.4 is 16.4 Å². The highest BCUT2D eigenvalue weighted by Gasteiger charge is 2.17. The maximum Gasteiger partial charge on any atom is 0.317 e. The lowest BCUT2D eigenvalue weighted by Gasteiger charge is -2.26. The maximum absolute atomic E-state index is 12.6. The average Bonchev–Trinajstić information content (AvgIpc) is 2.72. The summed E-state index contributed by atoms with van der Waals surface area (Å²) in [6, 6.07) is 10.5. The van der Waals surface area contributed by atoms with Crippen molar-refractivity contribution in [2.45, 2.75) is 32.9 Å². The second-order valence-electron chi connectivity index (χ2n) is 7.58. The fraction of sp³-hybridized carbons (Fsp3) is 0.409. The lowest BCUT2D eigenvalue weighted by Crippen LogP contribution is -2.45. The standard InChI is InChI=1S/C22H32N6O2/c1-5-16(2)25-22(30)28(13-12-27(3)4)15-17-10-11-20(24-14-17)21(29)26-19-9-7-6-8-18(19)23/h6-11,14,16H,5,12-13,15,23H2,1-4H3,(H,25,30)(H,26,29). The molecule has 8 heteroatoms. The van der Waals surface area contributed by atoms with Crippen LogP contribution in [0.3, 0.4) is 0 Å². The number of anilines is 2. The van der Waals surface area contributed by atoms with Crippen LogP contribution in [0.25, 0.3) is 0 Å². The fourth-order valence-electron chi connectivity index (χ4n) is 2.65. The van der Waals surface area contributed by atoms with E-state index in [1.54, 1.807) is 41.4 Å². The number of carbonyl (C=O) groups is 2. The van der Waals surface area contributed by atoms with E-state index in [-0.39, 0.29) is 23.7 Å². The Kier molecular flexibility index (Phi) is 8.61. The van der Waals surface area contributed by atoms with Gasteiger partial charge in [-0.15, -0.1) is 0 Å². The van der Waals surface area contributed by atoms with Crippen LogP contribution >= 0.6 is 0 Å². The molecule has 162 valence electrons. The molecule has 8 nitrogen and oxygen atoms in total. The molecule has 0 spiro atoms. The summed E-state index contributed by atoms with van der Waals surface area (Å²) < 4.78 is 0. The van der Waals surface area contributed by atoms with E-state index in [0.29, 0.717) is 24.5 Å². The van der Waals surface area contributed by atoms with Gasteiger partial charge in [0.05, 0.1) is 11.4 Å². The third-order valence-corrected chi connectivity index (χ3v) is 4.73. The normalized spacial score (nSPS) is 11.8. The number of nitrogens with one attached hydrogen (secondary N) is 2. The summed E-state index contributed by atoms with van der Waals surface area (Å²) in [5.74, 6) is -0.335. The van der Waals surface area contributed by atoms with Crippen LogP contribution in [0.2, 0.25) is 0 Å². The highest BCUT2D eigenvalue weighted by atomic mass is 16.2. The molecule has 2 aromatic rings. The zero-order chi connectivity index (χ0) is 22.1. The Morgan fingerprint density at radius 3 is 2.47 bits per heavy atom. The van der Waals surface area contributed by atoms with Gasteiger partial charge < -0.3 is 26.2 Å². The summed E-state index contributed by atoms with van der Waals surface area (Å²) >= 11 is 0. The van der Waals surface area contributed by atoms with Crippen molar-refractivity contribution in [3.05, 3.63) is 53.9 Å². The van der Waals surface area contributed by atoms with E-state index in [2.05, 4.69) is 15.6 Å². The Labute approximate surface area is 178 Å². The number of benzene rings is 1. The number of likely N-dealkylation sites (N-methyl/N-ethyl adjacent to an activating group) is 1. The Morgan fingerprint density at radius 2 is 1.87 bits per heavy atom. The first-order valence-electron chi connectivity index (χ1n) is 10.1. The number of aromatic nitrogens is 1. The van der Waals surface area contributed by atoms with Crippen molar-refractivity contribution in [2.75, 3.05) is 38.2 Å². The number of hydrogen-bond donors (Lipinski definition) is 3. The van der Waals surface area contributed by atoms with E-state index < -0.39 is 0 Å². The highest BCUT2D eigenvalue weighted by molar-refractivity contribution is 6.04. The second kappa shape index (κ2) is 11.2. The van der Waals surface area contributed by atoms with Crippen molar-refractivity contribution >= 4 is 23.3 Å². The van der Waals surface area contributed by atoms with Gasteiger partial charge in [-0.25, -0.2) is 4.79 Å². The minimum absolute atomic E-state index is 0.104. The number of rotatable bonds is 9. The lowest BCUT2D eigenvalue weighted by molar-refractivity contribution is 0.102. The zero-order valence-corrected chi connectivity index (χ0v) is 18.2. The molecule has 30 heavy (non-hydrogen) atoms. The highest BCUT2D eigenvalue weighted by Crippen LogP contribution is 2.17. The first-order valence-corrected chi connectivity index (χ1v) is 10.1. The second-order valence-corrected chi connectivity index (χ2v) is 7.58. The number of pyridine rings is 1. The number of carbonyl (C=O) groups excluding carboxylic acids is 2. The van der Waals surface area contributed by atoms with E-state index in [1.807, 2.05) is 38.9 Å². The van der Waals surface area contributed by atoms with Gasteiger partial charge in [0.25, 0.3) is 5.91 Å². The predicted octanol–water partition coefficient (Wildman–Crippen LogP) is 2.79. The Balaban J connectivity index is 2.05. The molecule has 0 aliphatic carbocycles. The predicted molar refractivity (Wildman–Crippen MR) is 120 cm³/mol. The molecular weight excluding hydrogens is 380 g/mol. The first-order chi connectivity index (χ1) is 14.3. The van der Waals surface area contributed by atoms with E-state index in [1.165, 1.54) is 0 Å². The molecule has 1 unspecified atom stereocenters. The molecule has 2 rings (SSSR count). The monoisotopic (exact) mass is 412 g/mol. The molecular formula is C22H32N6O2. The van der Waals surface area contributed by atoms with Gasteiger partial charge in [0.1, 0.15) is 5.69 Å². The van der Waals surface area contributed by atoms with Crippen molar-refractivity contribution in [1.82, 2.24) is 20.1 Å². The van der Waals surface area contributed by atoms with Crippen molar-refractivity contribution in [3.8, 4) is 0 Å².